The Morgan fingerprint density at radius 2 is 1.42 bits per heavy atom. The predicted octanol–water partition coefficient (Wildman–Crippen LogP) is 2.95. The van der Waals surface area contributed by atoms with Gasteiger partial charge in [0, 0.05) is 16.5 Å². The summed E-state index contributed by atoms with van der Waals surface area (Å²) in [6.45, 7) is 2.48. The molecule has 198 valence electrons. The first-order valence-corrected chi connectivity index (χ1v) is 12.0. The molecule has 2 N–H and O–H groups in total. The maximum Gasteiger partial charge on any atom is 0.450 e. The van der Waals surface area contributed by atoms with Crippen LogP contribution in [-0.2, 0) is 25.0 Å². The molecule has 0 aliphatic carbocycles. The molecule has 0 unspecified atom stereocenters. The molecule has 9 nitrogen and oxygen atoms in total. The number of halogens is 6. The second kappa shape index (κ2) is 9.45. The zero-order valence-electron chi connectivity index (χ0n) is 17.4. The van der Waals surface area contributed by atoms with Gasteiger partial charge in [-0.3, -0.25) is 14.1 Å². The lowest BCUT2D eigenvalue weighted by molar-refractivity contribution is -0.247. The van der Waals surface area contributed by atoms with Crippen LogP contribution in [-0.4, -0.2) is 61.1 Å². The van der Waals surface area contributed by atoms with Crippen molar-refractivity contribution in [3.63, 3.8) is 0 Å². The van der Waals surface area contributed by atoms with Gasteiger partial charge in [0.2, 0.25) is 0 Å². The van der Waals surface area contributed by atoms with Crippen molar-refractivity contribution < 1.29 is 66.6 Å². The second-order valence-electron chi connectivity index (χ2n) is 7.06. The number of aliphatic hydroxyl groups is 1. The van der Waals surface area contributed by atoms with Crippen molar-refractivity contribution in [3.05, 3.63) is 54.1 Å². The van der Waals surface area contributed by atoms with Crippen LogP contribution in [0.5, 0.6) is 5.75 Å². The molecule has 2 aromatic rings. The van der Waals surface area contributed by atoms with E-state index in [1.807, 2.05) is 0 Å². The highest BCUT2D eigenvalue weighted by Gasteiger charge is 2.83. The molecule has 36 heavy (non-hydrogen) atoms. The minimum Gasteiger partial charge on any atom is -0.392 e. The number of hydrogen-bond acceptors (Lipinski definition) is 8. The summed E-state index contributed by atoms with van der Waals surface area (Å²) < 4.78 is 140. The van der Waals surface area contributed by atoms with Crippen molar-refractivity contribution in [2.24, 2.45) is 0 Å². The Balaban J connectivity index is 2.57. The fourth-order valence-corrected chi connectivity index (χ4v) is 4.16. The van der Waals surface area contributed by atoms with Crippen LogP contribution in [0.25, 0.3) is 10.8 Å². The van der Waals surface area contributed by atoms with E-state index in [9.17, 15) is 52.8 Å². The SMILES string of the molecule is C=C(CO)C(=O)CC(=O)c1cccc2c(OS(=O)(=O)C(F)(F)C(F)(F)C(F)(F)S(=O)(=O)O)cccc12. The van der Waals surface area contributed by atoms with Crippen molar-refractivity contribution in [1.82, 2.24) is 0 Å². The highest BCUT2D eigenvalue weighted by atomic mass is 32.2. The van der Waals surface area contributed by atoms with E-state index in [0.29, 0.717) is 6.07 Å². The first-order valence-electron chi connectivity index (χ1n) is 9.14. The Kier molecular flexibility index (Phi) is 7.67. The van der Waals surface area contributed by atoms with E-state index >= 15 is 0 Å². The third kappa shape index (κ3) is 4.82. The number of benzene rings is 2. The third-order valence-electron chi connectivity index (χ3n) is 4.66. The van der Waals surface area contributed by atoms with Crippen LogP contribution in [0.2, 0.25) is 0 Å². The summed E-state index contributed by atoms with van der Waals surface area (Å²) >= 11 is 0. The summed E-state index contributed by atoms with van der Waals surface area (Å²) in [5.41, 5.74) is -0.618. The lowest BCUT2D eigenvalue weighted by Crippen LogP contribution is -2.61. The standard InChI is InChI=1S/C19H14F6O9S2/c1-10(9-26)14(27)8-15(28)12-5-2-6-13-11(12)4-3-7-16(13)34-36(32,33)19(24,25)17(20,21)18(22,23)35(29,30)31/h2-7,26H,1,8-9H2,(H,29,30,31). The number of carbonyl (C=O) groups excluding carboxylic acids is 2. The first kappa shape index (κ1) is 29.2. The molecule has 0 bridgehead atoms. The van der Waals surface area contributed by atoms with E-state index in [0.717, 1.165) is 30.3 Å². The van der Waals surface area contributed by atoms with Crippen LogP contribution in [0.1, 0.15) is 16.8 Å². The van der Waals surface area contributed by atoms with E-state index < -0.39 is 72.4 Å². The van der Waals surface area contributed by atoms with Crippen LogP contribution in [0.15, 0.2) is 48.6 Å². The van der Waals surface area contributed by atoms with Gasteiger partial charge in [0.05, 0.1) is 13.0 Å². The van der Waals surface area contributed by atoms with Gasteiger partial charge in [0.1, 0.15) is 0 Å². The monoisotopic (exact) mass is 564 g/mol. The summed E-state index contributed by atoms with van der Waals surface area (Å²) in [4.78, 5) is 24.3. The number of Topliss-reactive ketones (excluding diaryl/α,β-unsaturated/α-hetero) is 2. The number of rotatable bonds is 11. The van der Waals surface area contributed by atoms with Gasteiger partial charge in [-0.25, -0.2) is 0 Å². The average molecular weight is 564 g/mol. The molecule has 0 saturated heterocycles. The normalized spacial score (nSPS) is 13.4. The molecule has 0 fully saturated rings. The van der Waals surface area contributed by atoms with Gasteiger partial charge in [-0.15, -0.1) is 0 Å². The zero-order valence-corrected chi connectivity index (χ0v) is 19.1. The fourth-order valence-electron chi connectivity index (χ4n) is 2.71. The Labute approximate surface area is 198 Å². The van der Waals surface area contributed by atoms with Crippen molar-refractivity contribution in [2.75, 3.05) is 6.61 Å². The third-order valence-corrected chi connectivity index (χ3v) is 6.84. The summed E-state index contributed by atoms with van der Waals surface area (Å²) in [7, 11) is -14.3. The topological polar surface area (TPSA) is 152 Å². The second-order valence-corrected chi connectivity index (χ2v) is 10.1. The van der Waals surface area contributed by atoms with Crippen molar-refractivity contribution in [1.29, 1.82) is 0 Å². The molecule has 0 spiro atoms. The molecular formula is C19H14F6O9S2. The minimum atomic E-state index is -7.21. The molecule has 0 aromatic heterocycles. The number of carbonyl (C=O) groups is 2. The Hall–Kier alpha value is -3.02. The molecule has 0 heterocycles. The maximum atomic E-state index is 14.1. The molecule has 0 aliphatic rings. The van der Waals surface area contributed by atoms with Crippen LogP contribution >= 0.6 is 0 Å². The Morgan fingerprint density at radius 3 is 1.94 bits per heavy atom. The van der Waals surface area contributed by atoms with Gasteiger partial charge in [0.25, 0.3) is 0 Å². The van der Waals surface area contributed by atoms with Gasteiger partial charge in [0.15, 0.2) is 17.3 Å². The number of aliphatic hydroxyl groups excluding tert-OH is 1. The first-order chi connectivity index (χ1) is 16.2. The molecule has 2 rings (SSSR count). The molecular weight excluding hydrogens is 550 g/mol. The summed E-state index contributed by atoms with van der Waals surface area (Å²) in [5.74, 6) is -10.1. The summed E-state index contributed by atoms with van der Waals surface area (Å²) in [5, 5.41) is -5.65. The van der Waals surface area contributed by atoms with Gasteiger partial charge in [-0.2, -0.15) is 43.2 Å². The van der Waals surface area contributed by atoms with Gasteiger partial charge < -0.3 is 9.29 Å². The summed E-state index contributed by atoms with van der Waals surface area (Å²) in [6, 6.07) is 5.79. The molecule has 17 heteroatoms. The van der Waals surface area contributed by atoms with Gasteiger partial charge >= 0.3 is 36.7 Å². The highest BCUT2D eigenvalue weighted by molar-refractivity contribution is 7.88. The average Bonchev–Trinajstić information content (AvgIpc) is 2.76. The molecule has 2 aromatic carbocycles. The van der Waals surface area contributed by atoms with Gasteiger partial charge in [-0.05, 0) is 11.5 Å². The lowest BCUT2D eigenvalue weighted by atomic mass is 9.97. The van der Waals surface area contributed by atoms with Crippen molar-refractivity contribution in [3.8, 4) is 5.75 Å². The number of fused-ring (bicyclic) bond motifs is 1. The lowest BCUT2D eigenvalue weighted by Gasteiger charge is -2.29. The number of ketones is 2. The molecule has 0 amide bonds. The van der Waals surface area contributed by atoms with E-state index in [2.05, 4.69) is 10.8 Å². The van der Waals surface area contributed by atoms with Crippen LogP contribution in [0.4, 0.5) is 26.3 Å². The largest absolute Gasteiger partial charge is 0.450 e. The van der Waals surface area contributed by atoms with E-state index in [1.54, 1.807) is 0 Å². The van der Waals surface area contributed by atoms with Crippen LogP contribution in [0, 0.1) is 0 Å². The Morgan fingerprint density at radius 1 is 0.889 bits per heavy atom. The van der Waals surface area contributed by atoms with Crippen LogP contribution in [0.3, 0.4) is 0 Å². The number of hydrogen-bond donors (Lipinski definition) is 2. The summed E-state index contributed by atoms with van der Waals surface area (Å²) in [6.07, 6.45) is -0.823. The quantitative estimate of drug-likeness (QED) is 0.105. The maximum absolute atomic E-state index is 14.1. The Bertz CT molecular complexity index is 1450. The molecule has 0 saturated carbocycles. The van der Waals surface area contributed by atoms with E-state index in [1.165, 1.54) is 0 Å². The highest BCUT2D eigenvalue weighted by Crippen LogP contribution is 2.51. The van der Waals surface area contributed by atoms with E-state index in [-0.39, 0.29) is 16.5 Å². The molecule has 0 radical (unpaired) electrons. The van der Waals surface area contributed by atoms with Crippen molar-refractivity contribution >= 4 is 42.6 Å². The van der Waals surface area contributed by atoms with Gasteiger partial charge in [-0.1, -0.05) is 36.9 Å². The van der Waals surface area contributed by atoms with Crippen LogP contribution < -0.4 is 4.18 Å². The molecule has 0 atom stereocenters. The minimum absolute atomic E-state index is 0.240. The zero-order chi connectivity index (χ0) is 27.9. The van der Waals surface area contributed by atoms with Crippen molar-refractivity contribution in [2.45, 2.75) is 22.9 Å². The van der Waals surface area contributed by atoms with E-state index in [4.69, 9.17) is 9.66 Å². The number of alkyl halides is 6. The smallest absolute Gasteiger partial charge is 0.392 e. The molecule has 0 aliphatic heterocycles. The predicted molar refractivity (Wildman–Crippen MR) is 110 cm³/mol. The fraction of sp³-hybridized carbons (Fsp3) is 0.263.